The minimum Gasteiger partial charge on any atom is -0.376 e. The van der Waals surface area contributed by atoms with Crippen LogP contribution in [0, 0.1) is 0 Å². The number of likely N-dealkylation sites (N-methyl/N-ethyl adjacent to an activating group) is 1. The lowest BCUT2D eigenvalue weighted by Gasteiger charge is -2.22. The first-order chi connectivity index (χ1) is 13.1. The lowest BCUT2D eigenvalue weighted by Crippen LogP contribution is -2.32. The van der Waals surface area contributed by atoms with Crippen LogP contribution in [0.1, 0.15) is 23.3 Å². The predicted octanol–water partition coefficient (Wildman–Crippen LogP) is 2.79. The van der Waals surface area contributed by atoms with Gasteiger partial charge in [0, 0.05) is 36.5 Å². The highest BCUT2D eigenvalue weighted by molar-refractivity contribution is 8.00. The Bertz CT molecular complexity index is 836. The topological polar surface area (TPSA) is 67.3 Å². The number of amides is 1. The molecule has 1 atom stereocenters. The van der Waals surface area contributed by atoms with Gasteiger partial charge >= 0.3 is 0 Å². The van der Waals surface area contributed by atoms with Gasteiger partial charge in [-0.1, -0.05) is 23.5 Å². The van der Waals surface area contributed by atoms with Gasteiger partial charge in [-0.25, -0.2) is 9.97 Å². The molecular weight excluding hydrogens is 400 g/mol. The van der Waals surface area contributed by atoms with E-state index in [-0.39, 0.29) is 12.0 Å². The number of nitrogens with zero attached hydrogens (tertiary/aromatic N) is 3. The molecule has 0 radical (unpaired) electrons. The number of fused-ring (bicyclic) bond motifs is 3. The van der Waals surface area contributed by atoms with E-state index < -0.39 is 0 Å². The summed E-state index contributed by atoms with van der Waals surface area (Å²) in [6.45, 7) is 3.44. The largest absolute Gasteiger partial charge is 0.376 e. The zero-order chi connectivity index (χ0) is 18.8. The van der Waals surface area contributed by atoms with E-state index >= 15 is 0 Å². The van der Waals surface area contributed by atoms with Crippen LogP contribution in [0.2, 0.25) is 0 Å². The molecule has 2 aliphatic heterocycles. The molecule has 0 saturated carbocycles. The van der Waals surface area contributed by atoms with E-state index in [9.17, 15) is 4.79 Å². The third-order valence-corrected chi connectivity index (χ3v) is 7.54. The first-order valence-electron chi connectivity index (χ1n) is 9.20. The fourth-order valence-corrected chi connectivity index (χ4v) is 6.21. The maximum Gasteiger partial charge on any atom is 0.230 e. The summed E-state index contributed by atoms with van der Waals surface area (Å²) >= 11 is 4.85. The molecular formula is C18H24N4O2S3. The molecule has 2 aromatic rings. The Kier molecular flexibility index (Phi) is 6.23. The summed E-state index contributed by atoms with van der Waals surface area (Å²) in [5.41, 5.74) is 1.38. The number of nitrogens with one attached hydrogen (secondary N) is 1. The molecule has 2 aliphatic rings. The molecule has 4 heterocycles. The molecule has 0 unspecified atom stereocenters. The fourth-order valence-electron chi connectivity index (χ4n) is 3.48. The van der Waals surface area contributed by atoms with Gasteiger partial charge < -0.3 is 15.0 Å². The molecule has 2 aromatic heterocycles. The summed E-state index contributed by atoms with van der Waals surface area (Å²) in [5, 5.41) is 5.88. The maximum atomic E-state index is 12.3. The molecule has 1 saturated heterocycles. The van der Waals surface area contributed by atoms with Crippen LogP contribution in [0.3, 0.4) is 0 Å². The molecule has 146 valence electrons. The Labute approximate surface area is 171 Å². The summed E-state index contributed by atoms with van der Waals surface area (Å²) in [4.78, 5) is 26.5. The summed E-state index contributed by atoms with van der Waals surface area (Å²) in [5.74, 6) is 0.411. The number of thiophene rings is 1. The molecule has 1 N–H and O–H groups in total. The van der Waals surface area contributed by atoms with E-state index in [1.807, 2.05) is 6.26 Å². The molecule has 27 heavy (non-hydrogen) atoms. The van der Waals surface area contributed by atoms with Crippen molar-refractivity contribution in [1.82, 2.24) is 20.2 Å². The smallest absolute Gasteiger partial charge is 0.230 e. The number of hydrogen-bond donors (Lipinski definition) is 1. The van der Waals surface area contributed by atoms with Crippen molar-refractivity contribution in [1.29, 1.82) is 0 Å². The van der Waals surface area contributed by atoms with Crippen LogP contribution >= 0.6 is 34.9 Å². The molecule has 0 aliphatic carbocycles. The van der Waals surface area contributed by atoms with Crippen LogP contribution in [0.15, 0.2) is 10.2 Å². The van der Waals surface area contributed by atoms with Gasteiger partial charge in [0.1, 0.15) is 9.86 Å². The average molecular weight is 425 g/mol. The van der Waals surface area contributed by atoms with Crippen LogP contribution in [-0.4, -0.2) is 65.6 Å². The average Bonchev–Trinajstić information content (AvgIpc) is 3.30. The van der Waals surface area contributed by atoms with Crippen LogP contribution < -0.4 is 5.32 Å². The minimum absolute atomic E-state index is 0.0387. The number of rotatable bonds is 6. The van der Waals surface area contributed by atoms with E-state index in [0.29, 0.717) is 12.3 Å². The first kappa shape index (κ1) is 19.4. The highest BCUT2D eigenvalue weighted by Crippen LogP contribution is 2.39. The van der Waals surface area contributed by atoms with Crippen molar-refractivity contribution < 1.29 is 9.53 Å². The highest BCUT2D eigenvalue weighted by Gasteiger charge is 2.24. The van der Waals surface area contributed by atoms with Gasteiger partial charge in [0.25, 0.3) is 0 Å². The van der Waals surface area contributed by atoms with Crippen molar-refractivity contribution in [3.05, 3.63) is 10.4 Å². The first-order valence-corrected chi connectivity index (χ1v) is 12.2. The van der Waals surface area contributed by atoms with E-state index in [4.69, 9.17) is 14.7 Å². The van der Waals surface area contributed by atoms with Crippen molar-refractivity contribution >= 4 is 51.0 Å². The third kappa shape index (κ3) is 4.42. The second-order valence-electron chi connectivity index (χ2n) is 6.91. The quantitative estimate of drug-likeness (QED) is 0.434. The number of carbonyl (C=O) groups is 1. The lowest BCUT2D eigenvalue weighted by atomic mass is 10.1. The summed E-state index contributed by atoms with van der Waals surface area (Å²) in [7, 11) is 2.15. The van der Waals surface area contributed by atoms with Gasteiger partial charge in [0.2, 0.25) is 5.91 Å². The molecule has 0 bridgehead atoms. The molecule has 4 rings (SSSR count). The normalized spacial score (nSPS) is 20.1. The van der Waals surface area contributed by atoms with Crippen molar-refractivity contribution in [2.24, 2.45) is 0 Å². The summed E-state index contributed by atoms with van der Waals surface area (Å²) < 4.78 is 5.57. The van der Waals surface area contributed by atoms with Gasteiger partial charge in [0.15, 0.2) is 5.16 Å². The Balaban J connectivity index is 1.50. The van der Waals surface area contributed by atoms with Gasteiger partial charge in [-0.05, 0) is 38.1 Å². The van der Waals surface area contributed by atoms with E-state index in [2.05, 4.69) is 17.3 Å². The van der Waals surface area contributed by atoms with E-state index in [0.717, 1.165) is 59.4 Å². The number of thioether (sulfide) groups is 2. The number of hydrogen-bond acceptors (Lipinski definition) is 8. The third-order valence-electron chi connectivity index (χ3n) is 4.91. The molecule has 0 aromatic carbocycles. The molecule has 0 spiro atoms. The highest BCUT2D eigenvalue weighted by atomic mass is 32.2. The van der Waals surface area contributed by atoms with Gasteiger partial charge in [0.05, 0.1) is 11.9 Å². The van der Waals surface area contributed by atoms with Gasteiger partial charge in [-0.3, -0.25) is 4.79 Å². The Morgan fingerprint density at radius 1 is 1.44 bits per heavy atom. The van der Waals surface area contributed by atoms with Gasteiger partial charge in [-0.15, -0.1) is 11.3 Å². The standard InChI is InChI=1S/C18H24N4O2S3/c1-22-6-5-12-13(9-22)27-17-15(12)16(20-18(21-17)25-2)26-10-14(23)19-8-11-4-3-7-24-11/h11H,3-10H2,1-2H3,(H,19,23)/t11-/m1/s1. The van der Waals surface area contributed by atoms with E-state index in [1.54, 1.807) is 23.1 Å². The molecule has 1 amide bonds. The monoisotopic (exact) mass is 424 g/mol. The Hall–Kier alpha value is -0.870. The zero-order valence-electron chi connectivity index (χ0n) is 15.6. The minimum atomic E-state index is 0.0387. The van der Waals surface area contributed by atoms with Crippen molar-refractivity contribution in [2.45, 2.75) is 42.1 Å². The summed E-state index contributed by atoms with van der Waals surface area (Å²) in [6, 6.07) is 0. The number of ether oxygens (including phenoxy) is 1. The second-order valence-corrected chi connectivity index (χ2v) is 9.74. The Morgan fingerprint density at radius 2 is 2.33 bits per heavy atom. The number of aromatic nitrogens is 2. The summed E-state index contributed by atoms with van der Waals surface area (Å²) in [6.07, 6.45) is 5.31. The second kappa shape index (κ2) is 8.65. The molecule has 6 nitrogen and oxygen atoms in total. The maximum absolute atomic E-state index is 12.3. The van der Waals surface area contributed by atoms with Crippen molar-refractivity contribution in [2.75, 3.05) is 38.8 Å². The van der Waals surface area contributed by atoms with Crippen LogP contribution in [0.4, 0.5) is 0 Å². The predicted molar refractivity (Wildman–Crippen MR) is 112 cm³/mol. The van der Waals surface area contributed by atoms with E-state index in [1.165, 1.54) is 22.2 Å². The molecule has 9 heteroatoms. The zero-order valence-corrected chi connectivity index (χ0v) is 18.1. The van der Waals surface area contributed by atoms with Crippen molar-refractivity contribution in [3.8, 4) is 0 Å². The number of carbonyl (C=O) groups excluding carboxylic acids is 1. The fraction of sp³-hybridized carbons (Fsp3) is 0.611. The van der Waals surface area contributed by atoms with Crippen LogP contribution in [0.5, 0.6) is 0 Å². The van der Waals surface area contributed by atoms with Crippen LogP contribution in [0.25, 0.3) is 10.2 Å². The lowest BCUT2D eigenvalue weighted by molar-refractivity contribution is -0.119. The Morgan fingerprint density at radius 3 is 3.11 bits per heavy atom. The van der Waals surface area contributed by atoms with Crippen LogP contribution in [-0.2, 0) is 22.5 Å². The van der Waals surface area contributed by atoms with Crippen molar-refractivity contribution in [3.63, 3.8) is 0 Å². The molecule has 1 fully saturated rings. The van der Waals surface area contributed by atoms with Gasteiger partial charge in [-0.2, -0.15) is 0 Å². The SMILES string of the molecule is CSc1nc(SCC(=O)NC[C@H]2CCCO2)c2c3c(sc2n1)CN(C)CC3.